The van der Waals surface area contributed by atoms with Crippen molar-refractivity contribution in [3.8, 4) is 11.5 Å². The van der Waals surface area contributed by atoms with Crippen LogP contribution in [-0.4, -0.2) is 50.0 Å². The van der Waals surface area contributed by atoms with Crippen LogP contribution in [0.4, 0.5) is 5.13 Å². The first kappa shape index (κ1) is 27.6. The van der Waals surface area contributed by atoms with Crippen molar-refractivity contribution < 1.29 is 22.7 Å². The van der Waals surface area contributed by atoms with E-state index in [0.717, 1.165) is 20.0 Å². The summed E-state index contributed by atoms with van der Waals surface area (Å²) in [6, 6.07) is 21.4. The van der Waals surface area contributed by atoms with Crippen molar-refractivity contribution >= 4 is 44.2 Å². The summed E-state index contributed by atoms with van der Waals surface area (Å²) < 4.78 is 37.7. The smallest absolute Gasteiger partial charge is 0.257 e. The number of carbonyl (C=O) groups excluding carboxylic acids is 1. The molecule has 0 aliphatic carbocycles. The molecule has 0 unspecified atom stereocenters. The second-order valence-electron chi connectivity index (χ2n) is 8.19. The number of thioether (sulfide) groups is 1. The third-order valence-corrected chi connectivity index (χ3v) is 9.23. The molecule has 4 aromatic rings. The second-order valence-corrected chi connectivity index (χ2v) is 12.5. The van der Waals surface area contributed by atoms with E-state index in [9.17, 15) is 13.2 Å². The molecule has 0 atom stereocenters. The van der Waals surface area contributed by atoms with Gasteiger partial charge in [0.05, 0.1) is 12.0 Å². The van der Waals surface area contributed by atoms with E-state index in [0.29, 0.717) is 22.2 Å². The van der Waals surface area contributed by atoms with Gasteiger partial charge in [-0.3, -0.25) is 10.1 Å². The summed E-state index contributed by atoms with van der Waals surface area (Å²) in [7, 11) is 0.969. The Morgan fingerprint density at radius 3 is 2.39 bits per heavy atom. The highest BCUT2D eigenvalue weighted by Gasteiger charge is 2.17. The van der Waals surface area contributed by atoms with E-state index in [1.165, 1.54) is 50.2 Å². The molecule has 1 amide bonds. The number of aromatic nitrogens is 2. The zero-order valence-corrected chi connectivity index (χ0v) is 23.4. The Bertz CT molecular complexity index is 1490. The van der Waals surface area contributed by atoms with Crippen LogP contribution < -0.4 is 14.8 Å². The van der Waals surface area contributed by atoms with Crippen molar-refractivity contribution in [1.29, 1.82) is 0 Å². The maximum Gasteiger partial charge on any atom is 0.257 e. The monoisotopic (exact) mass is 570 g/mol. The van der Waals surface area contributed by atoms with Crippen LogP contribution in [0.1, 0.15) is 21.5 Å². The first-order chi connectivity index (χ1) is 18.3. The van der Waals surface area contributed by atoms with Gasteiger partial charge in [0.2, 0.25) is 15.2 Å². The lowest BCUT2D eigenvalue weighted by molar-refractivity contribution is 0.102. The fourth-order valence-corrected chi connectivity index (χ4v) is 5.87. The molecule has 0 saturated carbocycles. The van der Waals surface area contributed by atoms with Crippen molar-refractivity contribution in [3.05, 3.63) is 89.5 Å². The average Bonchev–Trinajstić information content (AvgIpc) is 3.38. The molecule has 198 valence electrons. The van der Waals surface area contributed by atoms with E-state index in [1.54, 1.807) is 42.1 Å². The van der Waals surface area contributed by atoms with Gasteiger partial charge in [-0.15, -0.1) is 10.2 Å². The van der Waals surface area contributed by atoms with Gasteiger partial charge in [0.15, 0.2) is 15.8 Å². The fourth-order valence-electron chi connectivity index (χ4n) is 3.26. The van der Waals surface area contributed by atoms with Crippen molar-refractivity contribution in [3.63, 3.8) is 0 Å². The molecule has 0 radical (unpaired) electrons. The van der Waals surface area contributed by atoms with E-state index in [2.05, 4.69) is 15.5 Å². The standard InChI is InChI=1S/C26H26N4O5S3/c1-30(2)38(32,33)21-12-9-18(10-13-21)16-35-22-14-11-20(15-23(22)34-3)24(31)27-25-28-29-26(37-25)36-17-19-7-5-4-6-8-19/h4-15H,16-17H2,1-3H3,(H,27,28,31). The molecular formula is C26H26N4O5S3. The third kappa shape index (κ3) is 6.90. The zero-order chi connectivity index (χ0) is 27.1. The topological polar surface area (TPSA) is 111 Å². The van der Waals surface area contributed by atoms with Gasteiger partial charge in [-0.2, -0.15) is 0 Å². The molecule has 0 saturated heterocycles. The van der Waals surface area contributed by atoms with Crippen LogP contribution in [-0.2, 0) is 22.4 Å². The summed E-state index contributed by atoms with van der Waals surface area (Å²) in [6.45, 7) is 0.193. The summed E-state index contributed by atoms with van der Waals surface area (Å²) >= 11 is 2.87. The third-order valence-electron chi connectivity index (χ3n) is 5.35. The first-order valence-corrected chi connectivity index (χ1v) is 14.6. The van der Waals surface area contributed by atoms with E-state index in [1.807, 2.05) is 30.3 Å². The van der Waals surface area contributed by atoms with Gasteiger partial charge in [0.1, 0.15) is 6.61 Å². The number of hydrogen-bond donors (Lipinski definition) is 1. The quantitative estimate of drug-likeness (QED) is 0.200. The van der Waals surface area contributed by atoms with Crippen molar-refractivity contribution in [1.82, 2.24) is 14.5 Å². The molecule has 1 heterocycles. The van der Waals surface area contributed by atoms with Crippen LogP contribution in [0.5, 0.6) is 11.5 Å². The second kappa shape index (κ2) is 12.4. The van der Waals surface area contributed by atoms with Gasteiger partial charge < -0.3 is 9.47 Å². The molecular weight excluding hydrogens is 545 g/mol. The molecule has 0 spiro atoms. The number of methoxy groups -OCH3 is 1. The Labute approximate surface area is 229 Å². The van der Waals surface area contributed by atoms with Crippen molar-refractivity contribution in [2.75, 3.05) is 26.5 Å². The van der Waals surface area contributed by atoms with Gasteiger partial charge in [-0.05, 0) is 41.5 Å². The van der Waals surface area contributed by atoms with Crippen LogP contribution in [0.15, 0.2) is 82.0 Å². The Hall–Kier alpha value is -3.45. The van der Waals surface area contributed by atoms with E-state index in [-0.39, 0.29) is 17.4 Å². The van der Waals surface area contributed by atoms with Gasteiger partial charge >= 0.3 is 0 Å². The molecule has 0 aliphatic heterocycles. The molecule has 0 bridgehead atoms. The highest BCUT2D eigenvalue weighted by atomic mass is 32.2. The number of anilines is 1. The first-order valence-electron chi connectivity index (χ1n) is 11.4. The van der Waals surface area contributed by atoms with Crippen molar-refractivity contribution in [2.24, 2.45) is 0 Å². The minimum Gasteiger partial charge on any atom is -0.493 e. The van der Waals surface area contributed by atoms with Crippen LogP contribution >= 0.6 is 23.1 Å². The van der Waals surface area contributed by atoms with Crippen LogP contribution in [0.25, 0.3) is 0 Å². The Kier molecular flexibility index (Phi) is 9.00. The molecule has 0 aliphatic rings. The zero-order valence-electron chi connectivity index (χ0n) is 21.0. The summed E-state index contributed by atoms with van der Waals surface area (Å²) in [5.41, 5.74) is 2.34. The summed E-state index contributed by atoms with van der Waals surface area (Å²) in [5.74, 6) is 1.26. The molecule has 38 heavy (non-hydrogen) atoms. The van der Waals surface area contributed by atoms with Gasteiger partial charge in [0, 0.05) is 25.4 Å². The van der Waals surface area contributed by atoms with Crippen LogP contribution in [0.2, 0.25) is 0 Å². The lowest BCUT2D eigenvalue weighted by Gasteiger charge is -2.13. The maximum absolute atomic E-state index is 12.8. The number of amides is 1. The number of hydrogen-bond acceptors (Lipinski definition) is 9. The van der Waals surface area contributed by atoms with Crippen molar-refractivity contribution in [2.45, 2.75) is 21.6 Å². The summed E-state index contributed by atoms with van der Waals surface area (Å²) in [5, 5.41) is 11.4. The Morgan fingerprint density at radius 1 is 0.974 bits per heavy atom. The number of sulfonamides is 1. The molecule has 3 aromatic carbocycles. The summed E-state index contributed by atoms with van der Waals surface area (Å²) in [6.07, 6.45) is 0. The lowest BCUT2D eigenvalue weighted by Crippen LogP contribution is -2.22. The highest BCUT2D eigenvalue weighted by Crippen LogP contribution is 2.31. The molecule has 12 heteroatoms. The number of nitrogens with zero attached hydrogens (tertiary/aromatic N) is 3. The normalized spacial score (nSPS) is 11.4. The molecule has 0 fully saturated rings. The predicted molar refractivity (Wildman–Crippen MR) is 149 cm³/mol. The van der Waals surface area contributed by atoms with Gasteiger partial charge in [-0.25, -0.2) is 12.7 Å². The molecule has 1 N–H and O–H groups in total. The number of nitrogens with one attached hydrogen (secondary N) is 1. The number of benzene rings is 3. The Morgan fingerprint density at radius 2 is 1.71 bits per heavy atom. The number of carbonyl (C=O) groups is 1. The lowest BCUT2D eigenvalue weighted by atomic mass is 10.2. The molecule has 1 aromatic heterocycles. The highest BCUT2D eigenvalue weighted by molar-refractivity contribution is 8.00. The van der Waals surface area contributed by atoms with Crippen LogP contribution in [0.3, 0.4) is 0 Å². The average molecular weight is 571 g/mol. The minimum absolute atomic E-state index is 0.193. The van der Waals surface area contributed by atoms with E-state index >= 15 is 0 Å². The van der Waals surface area contributed by atoms with Gasteiger partial charge in [-0.1, -0.05) is 65.6 Å². The molecule has 9 nitrogen and oxygen atoms in total. The molecule has 4 rings (SSSR count). The number of ether oxygens (including phenoxy) is 2. The van der Waals surface area contributed by atoms with E-state index in [4.69, 9.17) is 9.47 Å². The van der Waals surface area contributed by atoms with E-state index < -0.39 is 10.0 Å². The largest absolute Gasteiger partial charge is 0.493 e. The number of rotatable bonds is 11. The fraction of sp³-hybridized carbons (Fsp3) is 0.192. The summed E-state index contributed by atoms with van der Waals surface area (Å²) in [4.78, 5) is 13.0. The Balaban J connectivity index is 1.35. The SMILES string of the molecule is COc1cc(C(=O)Nc2nnc(SCc3ccccc3)s2)ccc1OCc1ccc(S(=O)(=O)N(C)C)cc1. The minimum atomic E-state index is -3.49. The predicted octanol–water partition coefficient (Wildman–Crippen LogP) is 4.92. The van der Waals surface area contributed by atoms with Crippen LogP contribution in [0, 0.1) is 0 Å². The maximum atomic E-state index is 12.8. The van der Waals surface area contributed by atoms with Gasteiger partial charge in [0.25, 0.3) is 5.91 Å².